The lowest BCUT2D eigenvalue weighted by Gasteiger charge is -2.18. The largest absolute Gasteiger partial charge is 0.490 e. The Morgan fingerprint density at radius 1 is 0.812 bits per heavy atom. The van der Waals surface area contributed by atoms with E-state index in [9.17, 15) is 10.2 Å². The summed E-state index contributed by atoms with van der Waals surface area (Å²) in [6, 6.07) is 8.43. The van der Waals surface area contributed by atoms with Crippen molar-refractivity contribution in [3.8, 4) is 23.8 Å². The van der Waals surface area contributed by atoms with Crippen LogP contribution in [0, 0.1) is 40.0 Å². The molecule has 0 amide bonds. The zero-order valence-electron chi connectivity index (χ0n) is 19.3. The summed E-state index contributed by atoms with van der Waals surface area (Å²) in [5.41, 5.74) is 6.43. The highest BCUT2D eigenvalue weighted by Gasteiger charge is 2.13. The highest BCUT2D eigenvalue weighted by Crippen LogP contribution is 2.29. The molecule has 5 nitrogen and oxygen atoms in total. The van der Waals surface area contributed by atoms with Crippen LogP contribution in [-0.4, -0.2) is 54.7 Å². The van der Waals surface area contributed by atoms with Crippen molar-refractivity contribution >= 4 is 11.6 Å². The van der Waals surface area contributed by atoms with E-state index in [4.69, 9.17) is 32.2 Å². The lowest BCUT2D eigenvalue weighted by atomic mass is 9.97. The van der Waals surface area contributed by atoms with Crippen molar-refractivity contribution in [2.45, 2.75) is 46.3 Å². The number of aryl methyl sites for hydroxylation is 4. The number of ether oxygens (including phenoxy) is 3. The fraction of sp³-hybridized carbons (Fsp3) is 0.462. The predicted octanol–water partition coefficient (Wildman–Crippen LogP) is 3.88. The van der Waals surface area contributed by atoms with E-state index in [1.165, 1.54) is 11.1 Å². The van der Waals surface area contributed by atoms with E-state index in [2.05, 4.69) is 30.2 Å². The highest BCUT2D eigenvalue weighted by molar-refractivity contribution is 6.18. The van der Waals surface area contributed by atoms with Crippen molar-refractivity contribution in [3.05, 3.63) is 57.6 Å². The Balaban J connectivity index is 2.06. The average Bonchev–Trinajstić information content (AvgIpc) is 2.72. The first-order valence-corrected chi connectivity index (χ1v) is 11.2. The Hall–Kier alpha value is -2.23. The third-order valence-electron chi connectivity index (χ3n) is 4.96. The minimum absolute atomic E-state index is 0.142. The van der Waals surface area contributed by atoms with E-state index >= 15 is 0 Å². The van der Waals surface area contributed by atoms with Gasteiger partial charge in [0.1, 0.15) is 43.5 Å². The first-order chi connectivity index (χ1) is 15.2. The fourth-order valence-corrected chi connectivity index (χ4v) is 3.77. The molecule has 0 spiro atoms. The first kappa shape index (κ1) is 26.0. The highest BCUT2D eigenvalue weighted by atomic mass is 35.5. The predicted molar refractivity (Wildman–Crippen MR) is 128 cm³/mol. The normalized spacial score (nSPS) is 12.8. The van der Waals surface area contributed by atoms with Crippen LogP contribution in [0.5, 0.6) is 11.5 Å². The van der Waals surface area contributed by atoms with Crippen molar-refractivity contribution in [2.24, 2.45) is 0 Å². The van der Waals surface area contributed by atoms with Gasteiger partial charge in [0.2, 0.25) is 0 Å². The molecule has 0 bridgehead atoms. The van der Waals surface area contributed by atoms with Gasteiger partial charge in [0.25, 0.3) is 0 Å². The molecule has 2 aromatic carbocycles. The van der Waals surface area contributed by atoms with Crippen LogP contribution < -0.4 is 9.47 Å². The Labute approximate surface area is 196 Å². The van der Waals surface area contributed by atoms with Gasteiger partial charge < -0.3 is 24.4 Å². The summed E-state index contributed by atoms with van der Waals surface area (Å²) in [6.07, 6.45) is 4.49. The summed E-state index contributed by atoms with van der Waals surface area (Å²) in [4.78, 5) is 0. The summed E-state index contributed by atoms with van der Waals surface area (Å²) in [6.45, 7) is 8.65. The zero-order chi connectivity index (χ0) is 23.7. The number of aliphatic hydroxyl groups is 2. The smallest absolute Gasteiger partial charge is 0.125 e. The lowest BCUT2D eigenvalue weighted by Crippen LogP contribution is -2.24. The van der Waals surface area contributed by atoms with Crippen LogP contribution in [0.4, 0.5) is 0 Å². The minimum atomic E-state index is -0.737. The molecule has 6 heteroatoms. The minimum Gasteiger partial charge on any atom is -0.490 e. The summed E-state index contributed by atoms with van der Waals surface area (Å²) in [5.74, 6) is 4.08. The van der Waals surface area contributed by atoms with E-state index in [0.717, 1.165) is 40.2 Å². The molecular formula is C26H33ClO5. The Morgan fingerprint density at radius 3 is 1.66 bits per heavy atom. The van der Waals surface area contributed by atoms with E-state index in [-0.39, 0.29) is 32.3 Å². The van der Waals surface area contributed by atoms with Crippen LogP contribution in [0.2, 0.25) is 0 Å². The molecule has 32 heavy (non-hydrogen) atoms. The number of hydrogen-bond donors (Lipinski definition) is 2. The van der Waals surface area contributed by atoms with Crippen LogP contribution >= 0.6 is 11.6 Å². The number of hydrogen-bond acceptors (Lipinski definition) is 5. The number of aliphatic hydroxyl groups excluding tert-OH is 2. The van der Waals surface area contributed by atoms with Crippen molar-refractivity contribution < 1.29 is 24.4 Å². The van der Waals surface area contributed by atoms with Crippen LogP contribution in [0.3, 0.4) is 0 Å². The molecule has 2 N–H and O–H groups in total. The average molecular weight is 461 g/mol. The van der Waals surface area contributed by atoms with Gasteiger partial charge in [0.15, 0.2) is 0 Å². The number of rotatable bonds is 12. The van der Waals surface area contributed by atoms with Gasteiger partial charge in [-0.05, 0) is 67.5 Å². The molecule has 2 atom stereocenters. The van der Waals surface area contributed by atoms with Gasteiger partial charge in [-0.3, -0.25) is 0 Å². The number of alkyl halides is 1. The molecule has 0 saturated carbocycles. The molecule has 0 heterocycles. The zero-order valence-corrected chi connectivity index (χ0v) is 20.0. The molecule has 0 aliphatic heterocycles. The van der Waals surface area contributed by atoms with Crippen molar-refractivity contribution in [2.75, 3.05) is 32.3 Å². The second-order valence-corrected chi connectivity index (χ2v) is 8.41. The van der Waals surface area contributed by atoms with Crippen LogP contribution in [0.1, 0.15) is 33.4 Å². The van der Waals surface area contributed by atoms with E-state index in [0.29, 0.717) is 0 Å². The topological polar surface area (TPSA) is 68.2 Å². The molecule has 0 aliphatic carbocycles. The quantitative estimate of drug-likeness (QED) is 0.286. The van der Waals surface area contributed by atoms with Crippen molar-refractivity contribution in [1.82, 2.24) is 0 Å². The van der Waals surface area contributed by atoms with Gasteiger partial charge in [-0.2, -0.15) is 0 Å². The SMILES string of the molecule is C#CCOCC(O)COc1c(C)cc(Cc2cc(C)c(OCC(O)CCl)c(C)c2)cc1C. The molecule has 174 valence electrons. The number of terminal acetylenes is 1. The first-order valence-electron chi connectivity index (χ1n) is 10.6. The second kappa shape index (κ2) is 12.7. The maximum absolute atomic E-state index is 9.98. The Kier molecular flexibility index (Phi) is 10.3. The molecule has 0 fully saturated rings. The van der Waals surface area contributed by atoms with Gasteiger partial charge in [-0.1, -0.05) is 30.2 Å². The van der Waals surface area contributed by atoms with E-state index < -0.39 is 12.2 Å². The fourth-order valence-electron chi connectivity index (χ4n) is 3.68. The van der Waals surface area contributed by atoms with E-state index in [1.54, 1.807) is 0 Å². The molecule has 2 rings (SSSR count). The lowest BCUT2D eigenvalue weighted by molar-refractivity contribution is 0.0226. The van der Waals surface area contributed by atoms with Gasteiger partial charge >= 0.3 is 0 Å². The van der Waals surface area contributed by atoms with Crippen molar-refractivity contribution in [1.29, 1.82) is 0 Å². The summed E-state index contributed by atoms with van der Waals surface area (Å²) < 4.78 is 16.8. The third kappa shape index (κ3) is 7.72. The number of halogens is 1. The third-order valence-corrected chi connectivity index (χ3v) is 5.32. The second-order valence-electron chi connectivity index (χ2n) is 8.10. The number of benzene rings is 2. The van der Waals surface area contributed by atoms with Gasteiger partial charge in [-0.25, -0.2) is 0 Å². The van der Waals surface area contributed by atoms with E-state index in [1.807, 2.05) is 27.7 Å². The van der Waals surface area contributed by atoms with Gasteiger partial charge in [-0.15, -0.1) is 18.0 Å². The standard InChI is InChI=1S/C26H33ClO5/c1-6-7-30-14-24(29)16-32-26-19(4)10-22(11-20(26)5)12-21-8-17(2)25(18(3)9-21)31-15-23(28)13-27/h1,8-11,23-24,28-29H,7,12-16H2,2-5H3. The van der Waals surface area contributed by atoms with Gasteiger partial charge in [0, 0.05) is 0 Å². The molecule has 2 aromatic rings. The van der Waals surface area contributed by atoms with Crippen LogP contribution in [0.25, 0.3) is 0 Å². The molecule has 2 unspecified atom stereocenters. The maximum Gasteiger partial charge on any atom is 0.125 e. The molecule has 0 radical (unpaired) electrons. The summed E-state index contributed by atoms with van der Waals surface area (Å²) in [5, 5.41) is 19.6. The van der Waals surface area contributed by atoms with Gasteiger partial charge in [0.05, 0.1) is 12.5 Å². The summed E-state index contributed by atoms with van der Waals surface area (Å²) in [7, 11) is 0. The monoisotopic (exact) mass is 460 g/mol. The molecule has 0 saturated heterocycles. The van der Waals surface area contributed by atoms with Crippen molar-refractivity contribution in [3.63, 3.8) is 0 Å². The van der Waals surface area contributed by atoms with Crippen LogP contribution in [-0.2, 0) is 11.2 Å². The molecule has 0 aliphatic rings. The summed E-state index contributed by atoms with van der Waals surface area (Å²) >= 11 is 5.65. The molecule has 0 aromatic heterocycles. The Morgan fingerprint density at radius 2 is 1.25 bits per heavy atom. The Bertz CT molecular complexity index is 888. The maximum atomic E-state index is 9.98. The molecular weight excluding hydrogens is 428 g/mol. The van der Waals surface area contributed by atoms with Crippen LogP contribution in [0.15, 0.2) is 24.3 Å².